The maximum absolute atomic E-state index is 5.56. The lowest BCUT2D eigenvalue weighted by molar-refractivity contribution is 0.146. The van der Waals surface area contributed by atoms with Crippen molar-refractivity contribution in [2.24, 2.45) is 0 Å². The van der Waals surface area contributed by atoms with Crippen molar-refractivity contribution in [2.75, 3.05) is 20.3 Å². The van der Waals surface area contributed by atoms with E-state index in [-0.39, 0.29) is 0 Å². The molecule has 4 nitrogen and oxygen atoms in total. The minimum Gasteiger partial charge on any atom is -0.491 e. The molecule has 0 N–H and O–H groups in total. The first-order valence-electron chi connectivity index (χ1n) is 6.53. The summed E-state index contributed by atoms with van der Waals surface area (Å²) in [5.74, 6) is 0.843. The highest BCUT2D eigenvalue weighted by atomic mass is 16.5. The minimum absolute atomic E-state index is 0.559. The molecule has 0 atom stereocenters. The Morgan fingerprint density at radius 2 is 1.90 bits per heavy atom. The summed E-state index contributed by atoms with van der Waals surface area (Å²) in [5, 5.41) is 1.13. The van der Waals surface area contributed by atoms with Gasteiger partial charge < -0.3 is 14.0 Å². The van der Waals surface area contributed by atoms with Crippen LogP contribution in [0.3, 0.4) is 0 Å². The number of fused-ring (bicyclic) bond motifs is 1. The van der Waals surface area contributed by atoms with Gasteiger partial charge in [0.15, 0.2) is 0 Å². The average molecular weight is 268 g/mol. The topological polar surface area (TPSA) is 36.3 Å². The number of hydrogen-bond donors (Lipinski definition) is 0. The Labute approximate surface area is 117 Å². The molecule has 2 heterocycles. The lowest BCUT2D eigenvalue weighted by atomic mass is 10.3. The first-order valence-corrected chi connectivity index (χ1v) is 6.53. The van der Waals surface area contributed by atoms with Crippen molar-refractivity contribution in [1.29, 1.82) is 0 Å². The molecule has 0 saturated carbocycles. The van der Waals surface area contributed by atoms with E-state index in [0.717, 1.165) is 22.5 Å². The van der Waals surface area contributed by atoms with Gasteiger partial charge in [0.1, 0.15) is 18.0 Å². The molecule has 0 fully saturated rings. The number of ether oxygens (including phenoxy) is 2. The fourth-order valence-electron chi connectivity index (χ4n) is 2.12. The molecule has 0 aliphatic heterocycles. The van der Waals surface area contributed by atoms with Gasteiger partial charge in [0.25, 0.3) is 0 Å². The summed E-state index contributed by atoms with van der Waals surface area (Å²) >= 11 is 0. The third-order valence-electron chi connectivity index (χ3n) is 3.12. The predicted octanol–water partition coefficient (Wildman–Crippen LogP) is 3.05. The molecule has 0 aliphatic rings. The first kappa shape index (κ1) is 12.7. The van der Waals surface area contributed by atoms with Gasteiger partial charge in [-0.15, -0.1) is 0 Å². The SMILES string of the molecule is COCCOc1ccc(-n2ccc3cccnc32)cc1. The average Bonchev–Trinajstić information content (AvgIpc) is 2.92. The molecule has 0 saturated heterocycles. The van der Waals surface area contributed by atoms with Crippen molar-refractivity contribution in [1.82, 2.24) is 9.55 Å². The van der Waals surface area contributed by atoms with E-state index in [4.69, 9.17) is 9.47 Å². The molecule has 102 valence electrons. The zero-order valence-corrected chi connectivity index (χ0v) is 11.3. The van der Waals surface area contributed by atoms with Crippen LogP contribution in [0.2, 0.25) is 0 Å². The summed E-state index contributed by atoms with van der Waals surface area (Å²) in [6.07, 6.45) is 3.83. The van der Waals surface area contributed by atoms with Crippen LogP contribution >= 0.6 is 0 Å². The predicted molar refractivity (Wildman–Crippen MR) is 78.4 cm³/mol. The minimum atomic E-state index is 0.559. The van der Waals surface area contributed by atoms with E-state index in [0.29, 0.717) is 13.2 Å². The second-order valence-corrected chi connectivity index (χ2v) is 4.44. The summed E-state index contributed by atoms with van der Waals surface area (Å²) in [4.78, 5) is 4.42. The molecule has 3 aromatic rings. The first-order chi connectivity index (χ1) is 9.88. The molecule has 0 aliphatic carbocycles. The normalized spacial score (nSPS) is 10.8. The van der Waals surface area contributed by atoms with Crippen LogP contribution in [0.4, 0.5) is 0 Å². The van der Waals surface area contributed by atoms with Gasteiger partial charge in [-0.3, -0.25) is 0 Å². The van der Waals surface area contributed by atoms with Crippen molar-refractivity contribution in [2.45, 2.75) is 0 Å². The van der Waals surface area contributed by atoms with Crippen LogP contribution in [0.5, 0.6) is 5.75 Å². The zero-order chi connectivity index (χ0) is 13.8. The molecule has 20 heavy (non-hydrogen) atoms. The highest BCUT2D eigenvalue weighted by Gasteiger charge is 2.03. The van der Waals surface area contributed by atoms with Gasteiger partial charge in [-0.05, 0) is 42.5 Å². The monoisotopic (exact) mass is 268 g/mol. The van der Waals surface area contributed by atoms with Crippen LogP contribution in [-0.2, 0) is 4.74 Å². The number of nitrogens with zero attached hydrogens (tertiary/aromatic N) is 2. The number of aromatic nitrogens is 2. The quantitative estimate of drug-likeness (QED) is 0.667. The van der Waals surface area contributed by atoms with Gasteiger partial charge in [-0.1, -0.05) is 0 Å². The molecule has 2 aromatic heterocycles. The van der Waals surface area contributed by atoms with Crippen LogP contribution in [-0.4, -0.2) is 29.9 Å². The van der Waals surface area contributed by atoms with Crippen molar-refractivity contribution in [3.63, 3.8) is 0 Å². The molecule has 4 heteroatoms. The van der Waals surface area contributed by atoms with Crippen molar-refractivity contribution in [3.05, 3.63) is 54.9 Å². The van der Waals surface area contributed by atoms with E-state index in [2.05, 4.69) is 21.7 Å². The molecule has 1 aromatic carbocycles. The fraction of sp³-hybridized carbons (Fsp3) is 0.188. The van der Waals surface area contributed by atoms with Crippen LogP contribution in [0, 0.1) is 0 Å². The Balaban J connectivity index is 1.84. The van der Waals surface area contributed by atoms with Gasteiger partial charge >= 0.3 is 0 Å². The molecule has 0 unspecified atom stereocenters. The zero-order valence-electron chi connectivity index (χ0n) is 11.3. The second kappa shape index (κ2) is 5.75. The molecule has 3 rings (SSSR count). The summed E-state index contributed by atoms with van der Waals surface area (Å²) in [7, 11) is 1.66. The molecular weight excluding hydrogens is 252 g/mol. The summed E-state index contributed by atoms with van der Waals surface area (Å²) in [5.41, 5.74) is 2.03. The third-order valence-corrected chi connectivity index (χ3v) is 3.12. The molecule has 0 bridgehead atoms. The Hall–Kier alpha value is -2.33. The lowest BCUT2D eigenvalue weighted by Gasteiger charge is -2.08. The lowest BCUT2D eigenvalue weighted by Crippen LogP contribution is -2.04. The van der Waals surface area contributed by atoms with Crippen LogP contribution in [0.25, 0.3) is 16.7 Å². The Morgan fingerprint density at radius 1 is 1.05 bits per heavy atom. The summed E-state index contributed by atoms with van der Waals surface area (Å²) in [6.45, 7) is 1.15. The van der Waals surface area contributed by atoms with Gasteiger partial charge in [0.05, 0.1) is 6.61 Å². The van der Waals surface area contributed by atoms with E-state index in [1.165, 1.54) is 0 Å². The van der Waals surface area contributed by atoms with E-state index < -0.39 is 0 Å². The Morgan fingerprint density at radius 3 is 2.70 bits per heavy atom. The fourth-order valence-corrected chi connectivity index (χ4v) is 2.12. The highest BCUT2D eigenvalue weighted by Crippen LogP contribution is 2.20. The maximum Gasteiger partial charge on any atom is 0.144 e. The highest BCUT2D eigenvalue weighted by molar-refractivity contribution is 5.77. The second-order valence-electron chi connectivity index (χ2n) is 4.44. The van der Waals surface area contributed by atoms with Gasteiger partial charge in [0, 0.05) is 30.6 Å². The number of methoxy groups -OCH3 is 1. The van der Waals surface area contributed by atoms with E-state index in [1.807, 2.05) is 36.5 Å². The van der Waals surface area contributed by atoms with Crippen molar-refractivity contribution >= 4 is 11.0 Å². The number of rotatable bonds is 5. The van der Waals surface area contributed by atoms with Crippen molar-refractivity contribution in [3.8, 4) is 11.4 Å². The molecule has 0 amide bonds. The number of hydrogen-bond acceptors (Lipinski definition) is 3. The number of pyridine rings is 1. The van der Waals surface area contributed by atoms with Crippen LogP contribution < -0.4 is 4.74 Å². The summed E-state index contributed by atoms with van der Waals surface area (Å²) in [6, 6.07) is 14.0. The van der Waals surface area contributed by atoms with Gasteiger partial charge in [-0.2, -0.15) is 0 Å². The summed E-state index contributed by atoms with van der Waals surface area (Å²) < 4.78 is 12.6. The Bertz CT molecular complexity index is 689. The molecular formula is C16H16N2O2. The largest absolute Gasteiger partial charge is 0.491 e. The number of benzene rings is 1. The standard InChI is InChI=1S/C16H16N2O2/c1-19-11-12-20-15-6-4-14(5-7-15)18-10-8-13-3-2-9-17-16(13)18/h2-10H,11-12H2,1H3. The van der Waals surface area contributed by atoms with Crippen LogP contribution in [0.15, 0.2) is 54.9 Å². The molecule has 0 spiro atoms. The Kier molecular flexibility index (Phi) is 3.65. The van der Waals surface area contributed by atoms with Crippen molar-refractivity contribution < 1.29 is 9.47 Å². The van der Waals surface area contributed by atoms with E-state index >= 15 is 0 Å². The smallest absolute Gasteiger partial charge is 0.144 e. The maximum atomic E-state index is 5.56. The van der Waals surface area contributed by atoms with E-state index in [1.54, 1.807) is 13.3 Å². The van der Waals surface area contributed by atoms with Gasteiger partial charge in [-0.25, -0.2) is 4.98 Å². The third kappa shape index (κ3) is 2.51. The van der Waals surface area contributed by atoms with Gasteiger partial charge in [0.2, 0.25) is 0 Å². The molecule has 0 radical (unpaired) electrons. The van der Waals surface area contributed by atoms with Crippen LogP contribution in [0.1, 0.15) is 0 Å². The van der Waals surface area contributed by atoms with E-state index in [9.17, 15) is 0 Å².